The number of amides is 1. The van der Waals surface area contributed by atoms with Gasteiger partial charge in [0, 0.05) is 25.9 Å². The predicted molar refractivity (Wildman–Crippen MR) is 94.1 cm³/mol. The second kappa shape index (κ2) is 5.74. The van der Waals surface area contributed by atoms with Crippen molar-refractivity contribution in [2.45, 2.75) is 26.3 Å². The number of carbonyl (C=O) groups excluding carboxylic acids is 2. The first-order chi connectivity index (χ1) is 12.0. The first kappa shape index (κ1) is 15.9. The van der Waals surface area contributed by atoms with E-state index in [0.29, 0.717) is 17.3 Å². The Bertz CT molecular complexity index is 1000. The van der Waals surface area contributed by atoms with Crippen LogP contribution >= 0.6 is 11.6 Å². The average Bonchev–Trinajstić information content (AvgIpc) is 3.18. The van der Waals surface area contributed by atoms with Gasteiger partial charge >= 0.3 is 0 Å². The van der Waals surface area contributed by atoms with Gasteiger partial charge in [0.15, 0.2) is 5.69 Å². The lowest BCUT2D eigenvalue weighted by Crippen LogP contribution is -2.40. The van der Waals surface area contributed by atoms with Gasteiger partial charge in [-0.05, 0) is 43.2 Å². The Balaban J connectivity index is 1.70. The van der Waals surface area contributed by atoms with Crippen molar-refractivity contribution in [1.82, 2.24) is 19.1 Å². The SMILES string of the molecule is CC(=O)n1ccc2c1C(C)N(C(=O)c1cc3ccc(Cl)cn3n1)CC2. The molecule has 7 heteroatoms. The topological polar surface area (TPSA) is 59.6 Å². The summed E-state index contributed by atoms with van der Waals surface area (Å²) in [6, 6.07) is 7.11. The fourth-order valence-corrected chi connectivity index (χ4v) is 3.67. The molecule has 3 aromatic heterocycles. The van der Waals surface area contributed by atoms with Crippen LogP contribution in [0.2, 0.25) is 5.02 Å². The number of fused-ring (bicyclic) bond motifs is 2. The van der Waals surface area contributed by atoms with Crippen LogP contribution in [0.5, 0.6) is 0 Å². The molecule has 4 rings (SSSR count). The van der Waals surface area contributed by atoms with E-state index in [0.717, 1.165) is 23.2 Å². The highest BCUT2D eigenvalue weighted by atomic mass is 35.5. The first-order valence-electron chi connectivity index (χ1n) is 8.12. The Morgan fingerprint density at radius 3 is 2.84 bits per heavy atom. The zero-order chi connectivity index (χ0) is 17.7. The molecule has 25 heavy (non-hydrogen) atoms. The molecular formula is C18H17ClN4O2. The molecule has 4 heterocycles. The fourth-order valence-electron chi connectivity index (χ4n) is 3.51. The minimum Gasteiger partial charge on any atom is -0.329 e. The summed E-state index contributed by atoms with van der Waals surface area (Å²) in [7, 11) is 0. The molecule has 3 aromatic rings. The van der Waals surface area contributed by atoms with Gasteiger partial charge in [0.05, 0.1) is 22.3 Å². The molecule has 0 saturated heterocycles. The van der Waals surface area contributed by atoms with E-state index in [2.05, 4.69) is 5.10 Å². The van der Waals surface area contributed by atoms with Crippen LogP contribution in [-0.4, -0.2) is 37.4 Å². The summed E-state index contributed by atoms with van der Waals surface area (Å²) in [5.74, 6) is -0.195. The summed E-state index contributed by atoms with van der Waals surface area (Å²) >= 11 is 5.98. The van der Waals surface area contributed by atoms with Gasteiger partial charge in [0.1, 0.15) is 0 Å². The Kier molecular flexibility index (Phi) is 3.65. The van der Waals surface area contributed by atoms with Gasteiger partial charge in [0.25, 0.3) is 5.91 Å². The highest BCUT2D eigenvalue weighted by molar-refractivity contribution is 6.30. The molecule has 6 nitrogen and oxygen atoms in total. The van der Waals surface area contributed by atoms with Gasteiger partial charge in [-0.2, -0.15) is 5.10 Å². The van der Waals surface area contributed by atoms with E-state index in [-0.39, 0.29) is 17.9 Å². The largest absolute Gasteiger partial charge is 0.329 e. The standard InChI is InChI=1S/C18H17ClN4O2/c1-11-17-13(6-8-22(17)12(2)24)5-7-21(11)18(25)16-9-15-4-3-14(19)10-23(15)20-16/h3-4,6,8-11H,5,7H2,1-2H3. The van der Waals surface area contributed by atoms with Crippen LogP contribution in [0.1, 0.15) is 46.4 Å². The smallest absolute Gasteiger partial charge is 0.274 e. The lowest BCUT2D eigenvalue weighted by Gasteiger charge is -2.34. The van der Waals surface area contributed by atoms with Gasteiger partial charge in [-0.3, -0.25) is 14.2 Å². The maximum Gasteiger partial charge on any atom is 0.274 e. The number of pyridine rings is 1. The quantitative estimate of drug-likeness (QED) is 0.672. The molecule has 0 bridgehead atoms. The van der Waals surface area contributed by atoms with E-state index >= 15 is 0 Å². The monoisotopic (exact) mass is 356 g/mol. The van der Waals surface area contributed by atoms with Gasteiger partial charge in [0.2, 0.25) is 5.91 Å². The Labute approximate surface area is 149 Å². The third-order valence-electron chi connectivity index (χ3n) is 4.74. The predicted octanol–water partition coefficient (Wildman–Crippen LogP) is 3.21. The van der Waals surface area contributed by atoms with Crippen molar-refractivity contribution in [2.75, 3.05) is 6.54 Å². The Morgan fingerprint density at radius 2 is 2.08 bits per heavy atom. The van der Waals surface area contributed by atoms with Crippen LogP contribution in [0.25, 0.3) is 5.52 Å². The second-order valence-electron chi connectivity index (χ2n) is 6.29. The molecule has 0 N–H and O–H groups in total. The lowest BCUT2D eigenvalue weighted by molar-refractivity contribution is 0.0657. The molecule has 1 aliphatic heterocycles. The third-order valence-corrected chi connectivity index (χ3v) is 4.96. The van der Waals surface area contributed by atoms with Crippen molar-refractivity contribution in [3.05, 3.63) is 58.6 Å². The fraction of sp³-hybridized carbons (Fsp3) is 0.278. The minimum atomic E-state index is -0.191. The van der Waals surface area contributed by atoms with Crippen molar-refractivity contribution in [3.63, 3.8) is 0 Å². The number of rotatable bonds is 1. The number of halogens is 1. The number of aromatic nitrogens is 3. The van der Waals surface area contributed by atoms with E-state index in [1.807, 2.05) is 19.1 Å². The summed E-state index contributed by atoms with van der Waals surface area (Å²) in [6.07, 6.45) is 4.18. The highest BCUT2D eigenvalue weighted by Crippen LogP contribution is 2.31. The second-order valence-corrected chi connectivity index (χ2v) is 6.72. The van der Waals surface area contributed by atoms with E-state index in [1.165, 1.54) is 6.92 Å². The summed E-state index contributed by atoms with van der Waals surface area (Å²) in [6.45, 7) is 4.07. The summed E-state index contributed by atoms with van der Waals surface area (Å²) in [4.78, 5) is 26.6. The van der Waals surface area contributed by atoms with E-state index in [1.54, 1.807) is 38.5 Å². The zero-order valence-corrected chi connectivity index (χ0v) is 14.7. The summed E-state index contributed by atoms with van der Waals surface area (Å²) < 4.78 is 3.23. The first-order valence-corrected chi connectivity index (χ1v) is 8.50. The van der Waals surface area contributed by atoms with Crippen molar-refractivity contribution in [3.8, 4) is 0 Å². The molecule has 128 valence electrons. The molecular weight excluding hydrogens is 340 g/mol. The maximum atomic E-state index is 13.0. The molecule has 1 aliphatic rings. The number of carbonyl (C=O) groups is 2. The molecule has 0 radical (unpaired) electrons. The number of hydrogen-bond donors (Lipinski definition) is 0. The van der Waals surface area contributed by atoms with Crippen LogP contribution in [0.3, 0.4) is 0 Å². The zero-order valence-electron chi connectivity index (χ0n) is 13.9. The van der Waals surface area contributed by atoms with E-state index in [4.69, 9.17) is 11.6 Å². The molecule has 1 amide bonds. The van der Waals surface area contributed by atoms with Crippen LogP contribution in [0, 0.1) is 0 Å². The molecule has 1 unspecified atom stereocenters. The average molecular weight is 357 g/mol. The van der Waals surface area contributed by atoms with Crippen LogP contribution in [0.4, 0.5) is 0 Å². The van der Waals surface area contributed by atoms with Crippen molar-refractivity contribution < 1.29 is 9.59 Å². The number of nitrogens with zero attached hydrogens (tertiary/aromatic N) is 4. The van der Waals surface area contributed by atoms with Gasteiger partial charge < -0.3 is 4.90 Å². The van der Waals surface area contributed by atoms with Gasteiger partial charge in [-0.15, -0.1) is 0 Å². The molecule has 0 aromatic carbocycles. The molecule has 1 atom stereocenters. The Hall–Kier alpha value is -2.60. The normalized spacial score (nSPS) is 16.9. The van der Waals surface area contributed by atoms with Crippen LogP contribution in [-0.2, 0) is 6.42 Å². The number of hydrogen-bond acceptors (Lipinski definition) is 3. The highest BCUT2D eigenvalue weighted by Gasteiger charge is 2.32. The molecule has 0 saturated carbocycles. The summed E-state index contributed by atoms with van der Waals surface area (Å²) in [5.41, 5.74) is 3.19. The van der Waals surface area contributed by atoms with Crippen molar-refractivity contribution in [2.24, 2.45) is 0 Å². The van der Waals surface area contributed by atoms with Crippen LogP contribution < -0.4 is 0 Å². The van der Waals surface area contributed by atoms with Crippen molar-refractivity contribution >= 4 is 28.9 Å². The van der Waals surface area contributed by atoms with Crippen LogP contribution in [0.15, 0.2) is 36.7 Å². The lowest BCUT2D eigenvalue weighted by atomic mass is 10.0. The van der Waals surface area contributed by atoms with Crippen molar-refractivity contribution in [1.29, 1.82) is 0 Å². The molecule has 0 spiro atoms. The van der Waals surface area contributed by atoms with Gasteiger partial charge in [-0.1, -0.05) is 11.6 Å². The van der Waals surface area contributed by atoms with Gasteiger partial charge in [-0.25, -0.2) is 4.52 Å². The minimum absolute atomic E-state index is 0.0511. The van der Waals surface area contributed by atoms with E-state index in [9.17, 15) is 9.59 Å². The third kappa shape index (κ3) is 2.53. The molecule has 0 fully saturated rings. The summed E-state index contributed by atoms with van der Waals surface area (Å²) in [5, 5.41) is 4.91. The van der Waals surface area contributed by atoms with E-state index < -0.39 is 0 Å². The maximum absolute atomic E-state index is 13.0. The molecule has 0 aliphatic carbocycles. The Morgan fingerprint density at radius 1 is 1.28 bits per heavy atom.